The molecular formula is C15H21FN2O4. The van der Waals surface area contributed by atoms with Crippen LogP contribution in [-0.4, -0.2) is 41.4 Å². The van der Waals surface area contributed by atoms with Crippen LogP contribution in [0.5, 0.6) is 0 Å². The molecule has 1 aromatic rings. The summed E-state index contributed by atoms with van der Waals surface area (Å²) in [6.07, 6.45) is 0.512. The van der Waals surface area contributed by atoms with Crippen LogP contribution < -0.4 is 11.1 Å². The molecule has 1 unspecified atom stereocenters. The van der Waals surface area contributed by atoms with Crippen molar-refractivity contribution in [2.45, 2.75) is 25.3 Å². The number of anilines is 1. The summed E-state index contributed by atoms with van der Waals surface area (Å²) in [4.78, 5) is 21.9. The minimum Gasteiger partial charge on any atom is -0.481 e. The molecule has 0 aliphatic carbocycles. The van der Waals surface area contributed by atoms with Crippen molar-refractivity contribution in [3.05, 3.63) is 29.8 Å². The van der Waals surface area contributed by atoms with E-state index in [-0.39, 0.29) is 19.5 Å². The minimum atomic E-state index is -1.21. The molecule has 1 aromatic carbocycles. The zero-order valence-corrected chi connectivity index (χ0v) is 12.2. The lowest BCUT2D eigenvalue weighted by Crippen LogP contribution is -2.35. The zero-order valence-electron chi connectivity index (χ0n) is 12.2. The van der Waals surface area contributed by atoms with Crippen LogP contribution in [0.2, 0.25) is 0 Å². The smallest absolute Gasteiger partial charge is 0.320 e. The highest BCUT2D eigenvalue weighted by molar-refractivity contribution is 5.76. The van der Waals surface area contributed by atoms with Crippen LogP contribution in [0.25, 0.3) is 0 Å². The van der Waals surface area contributed by atoms with Crippen molar-refractivity contribution in [1.82, 2.24) is 0 Å². The normalized spacial score (nSPS) is 13.4. The van der Waals surface area contributed by atoms with Crippen LogP contribution in [0.4, 0.5) is 10.1 Å². The molecule has 0 spiro atoms. The number of carboxylic acid groups (broad SMARTS) is 2. The molecule has 0 saturated heterocycles. The maximum atomic E-state index is 12.0. The molecule has 6 nitrogen and oxygen atoms in total. The van der Waals surface area contributed by atoms with E-state index < -0.39 is 23.9 Å². The van der Waals surface area contributed by atoms with Crippen molar-refractivity contribution >= 4 is 17.6 Å². The molecule has 0 bridgehead atoms. The predicted molar refractivity (Wildman–Crippen MR) is 80.6 cm³/mol. The molecular weight excluding hydrogens is 291 g/mol. The number of nitrogens with two attached hydrogens (primary N) is 1. The molecule has 0 saturated carbocycles. The van der Waals surface area contributed by atoms with Crippen molar-refractivity contribution in [3.8, 4) is 0 Å². The maximum absolute atomic E-state index is 12.0. The summed E-state index contributed by atoms with van der Waals surface area (Å²) in [5.41, 5.74) is 7.00. The summed E-state index contributed by atoms with van der Waals surface area (Å²) in [6.45, 7) is 0.149. The number of aliphatic carboxylic acids is 2. The quantitative estimate of drug-likeness (QED) is 0.487. The fourth-order valence-electron chi connectivity index (χ4n) is 2.02. The van der Waals surface area contributed by atoms with Crippen LogP contribution in [0.1, 0.15) is 18.4 Å². The number of rotatable bonds is 10. The fraction of sp³-hybridized carbons (Fsp3) is 0.467. The number of halogens is 1. The average Bonchev–Trinajstić information content (AvgIpc) is 2.48. The monoisotopic (exact) mass is 312 g/mol. The van der Waals surface area contributed by atoms with E-state index in [9.17, 15) is 14.0 Å². The van der Waals surface area contributed by atoms with Crippen molar-refractivity contribution in [2.75, 3.05) is 18.5 Å². The maximum Gasteiger partial charge on any atom is 0.320 e. The van der Waals surface area contributed by atoms with Gasteiger partial charge in [-0.15, -0.1) is 0 Å². The Balaban J connectivity index is 2.62. The number of hydrogen-bond donors (Lipinski definition) is 4. The van der Waals surface area contributed by atoms with Crippen LogP contribution in [0, 0.1) is 5.92 Å². The second kappa shape index (κ2) is 8.99. The lowest BCUT2D eigenvalue weighted by atomic mass is 9.93. The lowest BCUT2D eigenvalue weighted by molar-refractivity contribution is -0.143. The fourth-order valence-corrected chi connectivity index (χ4v) is 2.02. The molecule has 2 atom stereocenters. The summed E-state index contributed by atoms with van der Waals surface area (Å²) in [6, 6.07) is 5.90. The van der Waals surface area contributed by atoms with E-state index in [2.05, 4.69) is 5.32 Å². The van der Waals surface area contributed by atoms with Gasteiger partial charge < -0.3 is 21.3 Å². The minimum absolute atomic E-state index is 0.124. The highest BCUT2D eigenvalue weighted by Crippen LogP contribution is 2.17. The Bertz CT molecular complexity index is 493. The number of benzene rings is 1. The molecule has 0 aliphatic rings. The second-order valence-electron chi connectivity index (χ2n) is 5.09. The molecule has 5 N–H and O–H groups in total. The molecule has 0 fully saturated rings. The number of hydrogen-bond acceptors (Lipinski definition) is 4. The van der Waals surface area contributed by atoms with Crippen LogP contribution in [0.3, 0.4) is 0 Å². The molecule has 0 radical (unpaired) electrons. The van der Waals surface area contributed by atoms with Gasteiger partial charge in [0, 0.05) is 12.2 Å². The first-order valence-electron chi connectivity index (χ1n) is 7.04. The molecule has 7 heteroatoms. The number of carbonyl (C=O) groups is 2. The van der Waals surface area contributed by atoms with Crippen LogP contribution in [0.15, 0.2) is 24.3 Å². The average molecular weight is 312 g/mol. The second-order valence-corrected chi connectivity index (χ2v) is 5.09. The molecule has 1 rings (SSSR count). The topological polar surface area (TPSA) is 113 Å². The Kier molecular flexibility index (Phi) is 7.31. The summed E-state index contributed by atoms with van der Waals surface area (Å²) < 4.78 is 12.0. The zero-order chi connectivity index (χ0) is 16.5. The SMILES string of the molecule is N[C@@H](CC(Cc1ccc(NCCCF)cc1)C(=O)O)C(=O)O. The first-order chi connectivity index (χ1) is 10.4. The largest absolute Gasteiger partial charge is 0.481 e. The third-order valence-corrected chi connectivity index (χ3v) is 3.28. The Labute approximate surface area is 128 Å². The van der Waals surface area contributed by atoms with Gasteiger partial charge in [0.2, 0.25) is 0 Å². The summed E-state index contributed by atoms with van der Waals surface area (Å²) in [5, 5.41) is 21.0. The van der Waals surface area contributed by atoms with Crippen molar-refractivity contribution in [1.29, 1.82) is 0 Å². The van der Waals surface area contributed by atoms with Gasteiger partial charge in [-0.1, -0.05) is 12.1 Å². The molecule has 0 heterocycles. The first-order valence-corrected chi connectivity index (χ1v) is 7.04. The molecule has 0 amide bonds. The van der Waals surface area contributed by atoms with Gasteiger partial charge in [0.25, 0.3) is 0 Å². The van der Waals surface area contributed by atoms with Gasteiger partial charge >= 0.3 is 11.9 Å². The molecule has 0 aromatic heterocycles. The Morgan fingerprint density at radius 3 is 2.32 bits per heavy atom. The van der Waals surface area contributed by atoms with Crippen molar-refractivity contribution in [3.63, 3.8) is 0 Å². The van der Waals surface area contributed by atoms with E-state index >= 15 is 0 Å². The Hall–Kier alpha value is -2.15. The van der Waals surface area contributed by atoms with E-state index in [0.717, 1.165) is 11.3 Å². The van der Waals surface area contributed by atoms with Crippen molar-refractivity contribution < 1.29 is 24.2 Å². The number of carboxylic acids is 2. The lowest BCUT2D eigenvalue weighted by Gasteiger charge is -2.15. The summed E-state index contributed by atoms with van der Waals surface area (Å²) in [5.74, 6) is -3.13. The van der Waals surface area contributed by atoms with Gasteiger partial charge in [-0.05, 0) is 37.0 Å². The summed E-state index contributed by atoms with van der Waals surface area (Å²) >= 11 is 0. The van der Waals surface area contributed by atoms with Crippen molar-refractivity contribution in [2.24, 2.45) is 11.7 Å². The van der Waals surface area contributed by atoms with Gasteiger partial charge in [0.05, 0.1) is 12.6 Å². The van der Waals surface area contributed by atoms with Gasteiger partial charge in [-0.25, -0.2) is 0 Å². The van der Waals surface area contributed by atoms with E-state index in [0.29, 0.717) is 13.0 Å². The molecule has 0 aliphatic heterocycles. The standard InChI is InChI=1S/C15H21FN2O4/c16-6-1-7-18-12-4-2-10(3-5-12)8-11(14(19)20)9-13(17)15(21)22/h2-5,11,13,18H,1,6-9,17H2,(H,19,20)(H,21,22)/t11?,13-/m0/s1. The van der Waals surface area contributed by atoms with Crippen LogP contribution in [-0.2, 0) is 16.0 Å². The Morgan fingerprint density at radius 1 is 1.18 bits per heavy atom. The highest BCUT2D eigenvalue weighted by atomic mass is 19.1. The van der Waals surface area contributed by atoms with Crippen LogP contribution >= 0.6 is 0 Å². The Morgan fingerprint density at radius 2 is 1.82 bits per heavy atom. The van der Waals surface area contributed by atoms with Gasteiger partial charge in [-0.3, -0.25) is 14.0 Å². The van der Waals surface area contributed by atoms with E-state index in [1.807, 2.05) is 0 Å². The van der Waals surface area contributed by atoms with Gasteiger partial charge in [-0.2, -0.15) is 0 Å². The van der Waals surface area contributed by atoms with Gasteiger partial charge in [0.15, 0.2) is 0 Å². The molecule has 122 valence electrons. The number of nitrogens with one attached hydrogen (secondary N) is 1. The van der Waals surface area contributed by atoms with Gasteiger partial charge in [0.1, 0.15) is 6.04 Å². The highest BCUT2D eigenvalue weighted by Gasteiger charge is 2.24. The first kappa shape index (κ1) is 17.9. The van der Waals surface area contributed by atoms with E-state index in [4.69, 9.17) is 15.9 Å². The van der Waals surface area contributed by atoms with E-state index in [1.165, 1.54) is 0 Å². The number of alkyl halides is 1. The third-order valence-electron chi connectivity index (χ3n) is 3.28. The molecule has 22 heavy (non-hydrogen) atoms. The third kappa shape index (κ3) is 6.09. The van der Waals surface area contributed by atoms with E-state index in [1.54, 1.807) is 24.3 Å². The summed E-state index contributed by atoms with van der Waals surface area (Å²) in [7, 11) is 0. The predicted octanol–water partition coefficient (Wildman–Crippen LogP) is 1.50.